The van der Waals surface area contributed by atoms with E-state index in [4.69, 9.17) is 12.2 Å². The number of rotatable bonds is 3. The van der Waals surface area contributed by atoms with Crippen LogP contribution in [0.5, 0.6) is 0 Å². The number of para-hydroxylation sites is 1. The molecule has 4 nitrogen and oxygen atoms in total. The average Bonchev–Trinajstić information content (AvgIpc) is 2.62. The summed E-state index contributed by atoms with van der Waals surface area (Å²) < 4.78 is 2.54. The number of H-pyrrole nitrogens is 1. The fourth-order valence-electron chi connectivity index (χ4n) is 1.45. The Kier molecular flexibility index (Phi) is 2.94. The standard InChI is InChI=1S/C10H12N4S/c1-11-7-9-12-13-10(15)14(9)8-5-3-2-4-6-8/h2-6,11H,7H2,1H3,(H,13,15). The van der Waals surface area contributed by atoms with Crippen LogP contribution >= 0.6 is 12.2 Å². The quantitative estimate of drug-likeness (QED) is 0.773. The lowest BCUT2D eigenvalue weighted by Crippen LogP contribution is -2.11. The first kappa shape index (κ1) is 10.1. The molecule has 15 heavy (non-hydrogen) atoms. The van der Waals surface area contributed by atoms with Crippen LogP contribution in [0, 0.1) is 4.77 Å². The molecule has 0 spiro atoms. The molecule has 2 N–H and O–H groups in total. The van der Waals surface area contributed by atoms with E-state index in [9.17, 15) is 0 Å². The molecule has 0 unspecified atom stereocenters. The van der Waals surface area contributed by atoms with Crippen molar-refractivity contribution in [2.75, 3.05) is 7.05 Å². The maximum Gasteiger partial charge on any atom is 0.199 e. The van der Waals surface area contributed by atoms with E-state index in [2.05, 4.69) is 15.5 Å². The van der Waals surface area contributed by atoms with Gasteiger partial charge in [0.15, 0.2) is 4.77 Å². The number of nitrogens with zero attached hydrogens (tertiary/aromatic N) is 2. The second-order valence-corrected chi connectivity index (χ2v) is 3.53. The number of hydrogen-bond donors (Lipinski definition) is 2. The van der Waals surface area contributed by atoms with Gasteiger partial charge in [0.25, 0.3) is 0 Å². The highest BCUT2D eigenvalue weighted by atomic mass is 32.1. The predicted octanol–water partition coefficient (Wildman–Crippen LogP) is 1.65. The van der Waals surface area contributed by atoms with Crippen molar-refractivity contribution in [1.82, 2.24) is 20.1 Å². The van der Waals surface area contributed by atoms with Crippen LogP contribution in [0.3, 0.4) is 0 Å². The van der Waals surface area contributed by atoms with Crippen LogP contribution in [0.2, 0.25) is 0 Å². The minimum atomic E-state index is 0.617. The zero-order valence-electron chi connectivity index (χ0n) is 8.40. The number of nitrogens with one attached hydrogen (secondary N) is 2. The van der Waals surface area contributed by atoms with Gasteiger partial charge in [-0.05, 0) is 31.4 Å². The fourth-order valence-corrected chi connectivity index (χ4v) is 1.71. The maximum absolute atomic E-state index is 5.19. The summed E-state index contributed by atoms with van der Waals surface area (Å²) in [5, 5.41) is 10.0. The van der Waals surface area contributed by atoms with Gasteiger partial charge in [0.05, 0.1) is 6.54 Å². The molecule has 0 radical (unpaired) electrons. The highest BCUT2D eigenvalue weighted by molar-refractivity contribution is 7.71. The molecule has 0 aliphatic heterocycles. The summed E-state index contributed by atoms with van der Waals surface area (Å²) in [6.45, 7) is 0.683. The van der Waals surface area contributed by atoms with Crippen molar-refractivity contribution in [3.8, 4) is 5.69 Å². The molecule has 0 fully saturated rings. The Hall–Kier alpha value is -1.46. The summed E-state index contributed by atoms with van der Waals surface area (Å²) in [6.07, 6.45) is 0. The van der Waals surface area contributed by atoms with E-state index >= 15 is 0 Å². The van der Waals surface area contributed by atoms with Crippen molar-refractivity contribution in [2.45, 2.75) is 6.54 Å². The van der Waals surface area contributed by atoms with Crippen LogP contribution in [0.4, 0.5) is 0 Å². The molecule has 0 aliphatic rings. The predicted molar refractivity (Wildman–Crippen MR) is 61.5 cm³/mol. The Balaban J connectivity index is 2.52. The van der Waals surface area contributed by atoms with Crippen molar-refractivity contribution in [3.63, 3.8) is 0 Å². The summed E-state index contributed by atoms with van der Waals surface area (Å²) in [7, 11) is 1.88. The van der Waals surface area contributed by atoms with Gasteiger partial charge in [0.1, 0.15) is 5.82 Å². The SMILES string of the molecule is CNCc1n[nH]c(=S)n1-c1ccccc1. The summed E-state index contributed by atoms with van der Waals surface area (Å²) in [6, 6.07) is 9.94. The first-order valence-corrected chi connectivity index (χ1v) is 5.10. The Morgan fingerprint density at radius 1 is 1.40 bits per heavy atom. The molecule has 1 aromatic heterocycles. The van der Waals surface area contributed by atoms with Crippen LogP contribution < -0.4 is 5.32 Å². The van der Waals surface area contributed by atoms with Gasteiger partial charge in [-0.2, -0.15) is 5.10 Å². The third-order valence-corrected chi connectivity index (χ3v) is 2.36. The van der Waals surface area contributed by atoms with Crippen molar-refractivity contribution in [1.29, 1.82) is 0 Å². The van der Waals surface area contributed by atoms with Crippen molar-refractivity contribution in [2.24, 2.45) is 0 Å². The van der Waals surface area contributed by atoms with Gasteiger partial charge in [-0.1, -0.05) is 18.2 Å². The van der Waals surface area contributed by atoms with Gasteiger partial charge in [0, 0.05) is 5.69 Å². The lowest BCUT2D eigenvalue weighted by Gasteiger charge is -2.05. The molecule has 2 rings (SSSR count). The van der Waals surface area contributed by atoms with E-state index < -0.39 is 0 Å². The molecule has 1 heterocycles. The van der Waals surface area contributed by atoms with E-state index in [1.165, 1.54) is 0 Å². The summed E-state index contributed by atoms with van der Waals surface area (Å²) >= 11 is 5.19. The van der Waals surface area contributed by atoms with Gasteiger partial charge in [-0.25, -0.2) is 0 Å². The zero-order valence-corrected chi connectivity index (χ0v) is 9.21. The van der Waals surface area contributed by atoms with Crippen molar-refractivity contribution < 1.29 is 0 Å². The summed E-state index contributed by atoms with van der Waals surface area (Å²) in [5.41, 5.74) is 1.03. The Morgan fingerprint density at radius 3 is 2.80 bits per heavy atom. The minimum absolute atomic E-state index is 0.617. The van der Waals surface area contributed by atoms with Crippen LogP contribution in [-0.2, 0) is 6.54 Å². The Labute approximate surface area is 93.0 Å². The first-order chi connectivity index (χ1) is 7.33. The lowest BCUT2D eigenvalue weighted by atomic mass is 10.3. The van der Waals surface area contributed by atoms with Crippen molar-refractivity contribution >= 4 is 12.2 Å². The highest BCUT2D eigenvalue weighted by Crippen LogP contribution is 2.09. The number of aromatic nitrogens is 3. The van der Waals surface area contributed by atoms with Crippen LogP contribution in [0.25, 0.3) is 5.69 Å². The smallest absolute Gasteiger partial charge is 0.199 e. The summed E-state index contributed by atoms with van der Waals surface area (Å²) in [5.74, 6) is 0.883. The van der Waals surface area contributed by atoms with Gasteiger partial charge >= 0.3 is 0 Å². The fraction of sp³-hybridized carbons (Fsp3) is 0.200. The third kappa shape index (κ3) is 1.98. The molecular formula is C10H12N4S. The van der Waals surface area contributed by atoms with E-state index in [1.54, 1.807) is 0 Å². The molecule has 78 valence electrons. The molecule has 0 saturated heterocycles. The number of aromatic amines is 1. The van der Waals surface area contributed by atoms with E-state index in [-0.39, 0.29) is 0 Å². The number of hydrogen-bond acceptors (Lipinski definition) is 3. The Morgan fingerprint density at radius 2 is 2.13 bits per heavy atom. The molecule has 0 amide bonds. The molecule has 2 aromatic rings. The highest BCUT2D eigenvalue weighted by Gasteiger charge is 2.05. The van der Waals surface area contributed by atoms with Gasteiger partial charge < -0.3 is 5.32 Å². The third-order valence-electron chi connectivity index (χ3n) is 2.09. The first-order valence-electron chi connectivity index (χ1n) is 4.69. The second kappa shape index (κ2) is 4.37. The molecule has 0 saturated carbocycles. The van der Waals surface area contributed by atoms with E-state index in [1.807, 2.05) is 41.9 Å². The van der Waals surface area contributed by atoms with Crippen LogP contribution in [0.1, 0.15) is 5.82 Å². The van der Waals surface area contributed by atoms with Crippen LogP contribution in [0.15, 0.2) is 30.3 Å². The van der Waals surface area contributed by atoms with Gasteiger partial charge in [-0.3, -0.25) is 9.67 Å². The molecule has 0 bridgehead atoms. The average molecular weight is 220 g/mol. The monoisotopic (exact) mass is 220 g/mol. The van der Waals surface area contributed by atoms with E-state index in [0.29, 0.717) is 11.3 Å². The molecule has 5 heteroatoms. The number of benzene rings is 1. The van der Waals surface area contributed by atoms with Gasteiger partial charge in [0.2, 0.25) is 0 Å². The lowest BCUT2D eigenvalue weighted by molar-refractivity contribution is 0.736. The second-order valence-electron chi connectivity index (χ2n) is 3.15. The Bertz CT molecular complexity index is 486. The molecule has 0 atom stereocenters. The topological polar surface area (TPSA) is 45.6 Å². The van der Waals surface area contributed by atoms with E-state index in [0.717, 1.165) is 11.5 Å². The van der Waals surface area contributed by atoms with Crippen molar-refractivity contribution in [3.05, 3.63) is 40.9 Å². The molecule has 1 aromatic carbocycles. The maximum atomic E-state index is 5.19. The zero-order chi connectivity index (χ0) is 10.7. The summed E-state index contributed by atoms with van der Waals surface area (Å²) in [4.78, 5) is 0. The van der Waals surface area contributed by atoms with Gasteiger partial charge in [-0.15, -0.1) is 0 Å². The minimum Gasteiger partial charge on any atom is -0.313 e. The molecule has 0 aliphatic carbocycles. The molecular weight excluding hydrogens is 208 g/mol. The largest absolute Gasteiger partial charge is 0.313 e. The normalized spacial score (nSPS) is 10.5. The van der Waals surface area contributed by atoms with Crippen LogP contribution in [-0.4, -0.2) is 21.8 Å².